The quantitative estimate of drug-likeness (QED) is 0.425. The molecule has 0 bridgehead atoms. The summed E-state index contributed by atoms with van der Waals surface area (Å²) in [5, 5.41) is 0. The van der Waals surface area contributed by atoms with Gasteiger partial charge >= 0.3 is 0 Å². The van der Waals surface area contributed by atoms with Crippen molar-refractivity contribution in [3.63, 3.8) is 0 Å². The summed E-state index contributed by atoms with van der Waals surface area (Å²) in [6.07, 6.45) is 6.69. The van der Waals surface area contributed by atoms with Crippen LogP contribution >= 0.6 is 8.15 Å². The SMILES string of the molecule is CCCCCCCOP(C)C. The minimum Gasteiger partial charge on any atom is -0.360 e. The van der Waals surface area contributed by atoms with Crippen LogP contribution < -0.4 is 0 Å². The lowest BCUT2D eigenvalue weighted by Crippen LogP contribution is -1.88. The van der Waals surface area contributed by atoms with Gasteiger partial charge in [-0.3, -0.25) is 0 Å². The second kappa shape index (κ2) is 8.49. The molecule has 2 heteroatoms. The van der Waals surface area contributed by atoms with Crippen LogP contribution in [0.1, 0.15) is 39.0 Å². The van der Waals surface area contributed by atoms with Crippen LogP contribution in [0, 0.1) is 0 Å². The summed E-state index contributed by atoms with van der Waals surface area (Å²) >= 11 is 0. The third-order valence-corrected chi connectivity index (χ3v) is 2.30. The highest BCUT2D eigenvalue weighted by Crippen LogP contribution is 2.25. The van der Waals surface area contributed by atoms with Crippen molar-refractivity contribution in [2.75, 3.05) is 19.9 Å². The first-order valence-electron chi connectivity index (χ1n) is 4.57. The third-order valence-electron chi connectivity index (χ3n) is 1.60. The first-order chi connectivity index (χ1) is 5.27. The molecule has 0 fully saturated rings. The van der Waals surface area contributed by atoms with Gasteiger partial charge in [0.1, 0.15) is 0 Å². The topological polar surface area (TPSA) is 9.23 Å². The van der Waals surface area contributed by atoms with E-state index in [-0.39, 0.29) is 8.15 Å². The van der Waals surface area contributed by atoms with Crippen molar-refractivity contribution in [1.29, 1.82) is 0 Å². The van der Waals surface area contributed by atoms with Gasteiger partial charge in [0.25, 0.3) is 0 Å². The fourth-order valence-corrected chi connectivity index (χ4v) is 1.45. The first-order valence-corrected chi connectivity index (χ1v) is 6.73. The Balaban J connectivity index is 2.80. The van der Waals surface area contributed by atoms with Crippen LogP contribution in [-0.2, 0) is 4.52 Å². The van der Waals surface area contributed by atoms with E-state index in [1.54, 1.807) is 0 Å². The fourth-order valence-electron chi connectivity index (χ4n) is 0.953. The van der Waals surface area contributed by atoms with Gasteiger partial charge in [0.15, 0.2) is 0 Å². The van der Waals surface area contributed by atoms with Gasteiger partial charge in [-0.2, -0.15) is 0 Å². The summed E-state index contributed by atoms with van der Waals surface area (Å²) in [4.78, 5) is 0. The maximum Gasteiger partial charge on any atom is 0.0508 e. The standard InChI is InChI=1S/C9H21OP/c1-4-5-6-7-8-9-10-11(2)3/h4-9H2,1-3H3. The highest BCUT2D eigenvalue weighted by Gasteiger charge is 1.92. The average Bonchev–Trinajstić information content (AvgIpc) is 1.96. The molecule has 0 rings (SSSR count). The summed E-state index contributed by atoms with van der Waals surface area (Å²) in [5.74, 6) is 0. The second-order valence-corrected chi connectivity index (χ2v) is 4.94. The predicted molar refractivity (Wildman–Crippen MR) is 53.5 cm³/mol. The smallest absolute Gasteiger partial charge is 0.0508 e. The minimum absolute atomic E-state index is 0.125. The lowest BCUT2D eigenvalue weighted by molar-refractivity contribution is 0.340. The number of rotatable bonds is 7. The van der Waals surface area contributed by atoms with Crippen LogP contribution in [0.3, 0.4) is 0 Å². The summed E-state index contributed by atoms with van der Waals surface area (Å²) in [6, 6.07) is 0. The maximum absolute atomic E-state index is 5.49. The summed E-state index contributed by atoms with van der Waals surface area (Å²) < 4.78 is 5.49. The lowest BCUT2D eigenvalue weighted by Gasteiger charge is -2.06. The number of unbranched alkanes of at least 4 members (excludes halogenated alkanes) is 4. The largest absolute Gasteiger partial charge is 0.360 e. The molecule has 0 aromatic heterocycles. The van der Waals surface area contributed by atoms with Gasteiger partial charge in [0.2, 0.25) is 0 Å². The maximum atomic E-state index is 5.49. The molecule has 0 amide bonds. The molecule has 0 atom stereocenters. The zero-order valence-corrected chi connectivity index (χ0v) is 8.99. The molecule has 68 valence electrons. The van der Waals surface area contributed by atoms with Crippen molar-refractivity contribution < 1.29 is 4.52 Å². The number of hydrogen-bond donors (Lipinski definition) is 0. The molecule has 0 saturated heterocycles. The van der Waals surface area contributed by atoms with Gasteiger partial charge in [-0.05, 0) is 19.8 Å². The van der Waals surface area contributed by atoms with Crippen molar-refractivity contribution in [3.8, 4) is 0 Å². The lowest BCUT2D eigenvalue weighted by atomic mass is 10.2. The van der Waals surface area contributed by atoms with Crippen LogP contribution in [0.5, 0.6) is 0 Å². The Labute approximate surface area is 72.4 Å². The Bertz CT molecular complexity index is 74.0. The van der Waals surface area contributed by atoms with Gasteiger partial charge in [0.05, 0.1) is 6.61 Å². The Kier molecular flexibility index (Phi) is 8.79. The molecule has 0 unspecified atom stereocenters. The molecule has 1 nitrogen and oxygen atoms in total. The van der Waals surface area contributed by atoms with Gasteiger partial charge in [-0.1, -0.05) is 32.6 Å². The zero-order chi connectivity index (χ0) is 8.53. The summed E-state index contributed by atoms with van der Waals surface area (Å²) in [5.41, 5.74) is 0. The van der Waals surface area contributed by atoms with Crippen molar-refractivity contribution in [3.05, 3.63) is 0 Å². The van der Waals surface area contributed by atoms with Gasteiger partial charge in [-0.25, -0.2) is 0 Å². The molecule has 0 aromatic carbocycles. The fraction of sp³-hybridized carbons (Fsp3) is 1.00. The van der Waals surface area contributed by atoms with E-state index in [1.807, 2.05) is 0 Å². The van der Waals surface area contributed by atoms with Crippen LogP contribution in [0.2, 0.25) is 0 Å². The molecule has 0 aliphatic carbocycles. The van der Waals surface area contributed by atoms with Crippen LogP contribution in [0.4, 0.5) is 0 Å². The first kappa shape index (κ1) is 11.4. The van der Waals surface area contributed by atoms with Gasteiger partial charge < -0.3 is 4.52 Å². The van der Waals surface area contributed by atoms with Crippen molar-refractivity contribution in [2.24, 2.45) is 0 Å². The zero-order valence-electron chi connectivity index (χ0n) is 8.10. The highest BCUT2D eigenvalue weighted by atomic mass is 31.1. The van der Waals surface area contributed by atoms with E-state index in [0.717, 1.165) is 6.61 Å². The Morgan fingerprint density at radius 1 is 1.00 bits per heavy atom. The van der Waals surface area contributed by atoms with E-state index in [0.29, 0.717) is 0 Å². The van der Waals surface area contributed by atoms with E-state index in [9.17, 15) is 0 Å². The van der Waals surface area contributed by atoms with Crippen molar-refractivity contribution in [2.45, 2.75) is 39.0 Å². The van der Waals surface area contributed by atoms with Crippen molar-refractivity contribution >= 4 is 8.15 Å². The molecular weight excluding hydrogens is 155 g/mol. The summed E-state index contributed by atoms with van der Waals surface area (Å²) in [7, 11) is -0.125. The van der Waals surface area contributed by atoms with Crippen LogP contribution in [0.25, 0.3) is 0 Å². The molecule has 0 aromatic rings. The highest BCUT2D eigenvalue weighted by molar-refractivity contribution is 7.50. The van der Waals surface area contributed by atoms with Crippen LogP contribution in [0.15, 0.2) is 0 Å². The molecule has 0 heterocycles. The van der Waals surface area contributed by atoms with E-state index in [1.165, 1.54) is 32.1 Å². The summed E-state index contributed by atoms with van der Waals surface area (Å²) in [6.45, 7) is 7.53. The molecule has 0 spiro atoms. The molecular formula is C9H21OP. The van der Waals surface area contributed by atoms with E-state index in [4.69, 9.17) is 4.52 Å². The molecule has 0 aliphatic heterocycles. The average molecular weight is 176 g/mol. The van der Waals surface area contributed by atoms with Crippen molar-refractivity contribution in [1.82, 2.24) is 0 Å². The van der Waals surface area contributed by atoms with Gasteiger partial charge in [-0.15, -0.1) is 0 Å². The van der Waals surface area contributed by atoms with E-state index < -0.39 is 0 Å². The van der Waals surface area contributed by atoms with E-state index >= 15 is 0 Å². The molecule has 0 radical (unpaired) electrons. The van der Waals surface area contributed by atoms with Gasteiger partial charge in [0, 0.05) is 8.15 Å². The molecule has 0 N–H and O–H groups in total. The Morgan fingerprint density at radius 2 is 1.64 bits per heavy atom. The van der Waals surface area contributed by atoms with Crippen LogP contribution in [-0.4, -0.2) is 19.9 Å². The molecule has 0 aliphatic rings. The van der Waals surface area contributed by atoms with E-state index in [2.05, 4.69) is 20.3 Å². The predicted octanol–water partition coefficient (Wildman–Crippen LogP) is 3.63. The Morgan fingerprint density at radius 3 is 2.18 bits per heavy atom. The normalized spacial score (nSPS) is 10.9. The Hall–Kier alpha value is 0.390. The number of hydrogen-bond acceptors (Lipinski definition) is 1. The third kappa shape index (κ3) is 10.4. The molecule has 11 heavy (non-hydrogen) atoms. The monoisotopic (exact) mass is 176 g/mol. The second-order valence-electron chi connectivity index (χ2n) is 3.06. The molecule has 0 saturated carbocycles. The minimum atomic E-state index is -0.125.